The van der Waals surface area contributed by atoms with Gasteiger partial charge in [0.1, 0.15) is 18.1 Å². The van der Waals surface area contributed by atoms with Crippen LogP contribution in [-0.4, -0.2) is 13.0 Å². The van der Waals surface area contributed by atoms with Crippen LogP contribution in [0, 0.1) is 0 Å². The first kappa shape index (κ1) is 17.8. The number of amides is 1. The van der Waals surface area contributed by atoms with E-state index < -0.39 is 0 Å². The van der Waals surface area contributed by atoms with Crippen molar-refractivity contribution in [2.45, 2.75) is 6.61 Å². The van der Waals surface area contributed by atoms with E-state index in [2.05, 4.69) is 5.32 Å². The Morgan fingerprint density at radius 1 is 0.962 bits per heavy atom. The number of carbonyl (C=O) groups is 1. The van der Waals surface area contributed by atoms with Gasteiger partial charge >= 0.3 is 0 Å². The second kappa shape index (κ2) is 8.41. The van der Waals surface area contributed by atoms with Crippen LogP contribution in [0.2, 0.25) is 5.02 Å². The maximum absolute atomic E-state index is 12.4. The molecule has 0 heterocycles. The number of hydrogen-bond donors (Lipinski definition) is 1. The lowest BCUT2D eigenvalue weighted by atomic mass is 10.2. The molecule has 3 aromatic rings. The molecule has 26 heavy (non-hydrogen) atoms. The zero-order valence-electron chi connectivity index (χ0n) is 14.2. The predicted octanol–water partition coefficient (Wildman–Crippen LogP) is 5.18. The highest BCUT2D eigenvalue weighted by atomic mass is 35.5. The monoisotopic (exact) mass is 367 g/mol. The molecule has 4 nitrogen and oxygen atoms in total. The van der Waals surface area contributed by atoms with Crippen molar-refractivity contribution in [3.05, 3.63) is 88.9 Å². The number of halogens is 1. The molecule has 0 aromatic heterocycles. The number of carbonyl (C=O) groups excluding carboxylic acids is 1. The largest absolute Gasteiger partial charge is 0.495 e. The summed E-state index contributed by atoms with van der Waals surface area (Å²) >= 11 is 6.12. The molecule has 0 aliphatic carbocycles. The van der Waals surface area contributed by atoms with Gasteiger partial charge in [0.05, 0.1) is 12.8 Å². The van der Waals surface area contributed by atoms with E-state index in [1.54, 1.807) is 43.5 Å². The van der Waals surface area contributed by atoms with Crippen molar-refractivity contribution >= 4 is 23.2 Å². The van der Waals surface area contributed by atoms with Crippen molar-refractivity contribution in [2.24, 2.45) is 0 Å². The highest BCUT2D eigenvalue weighted by molar-refractivity contribution is 6.31. The molecular weight excluding hydrogens is 350 g/mol. The van der Waals surface area contributed by atoms with Crippen LogP contribution in [0.4, 0.5) is 5.69 Å². The van der Waals surface area contributed by atoms with Crippen LogP contribution in [0.3, 0.4) is 0 Å². The highest BCUT2D eigenvalue weighted by Crippen LogP contribution is 2.24. The SMILES string of the molecule is COc1ccccc1NC(=O)c1ccc(OCc2ccccc2Cl)cc1. The quantitative estimate of drug-likeness (QED) is 0.653. The zero-order valence-corrected chi connectivity index (χ0v) is 15.0. The summed E-state index contributed by atoms with van der Waals surface area (Å²) in [6, 6.07) is 21.7. The number of ether oxygens (including phenoxy) is 2. The minimum Gasteiger partial charge on any atom is -0.495 e. The maximum atomic E-state index is 12.4. The number of para-hydroxylation sites is 2. The van der Waals surface area contributed by atoms with Crippen molar-refractivity contribution in [1.82, 2.24) is 0 Å². The Balaban J connectivity index is 1.63. The third-order valence-electron chi connectivity index (χ3n) is 3.82. The van der Waals surface area contributed by atoms with Gasteiger partial charge in [0, 0.05) is 16.1 Å². The average molecular weight is 368 g/mol. The molecule has 3 aromatic carbocycles. The van der Waals surface area contributed by atoms with Crippen molar-refractivity contribution in [1.29, 1.82) is 0 Å². The number of methoxy groups -OCH3 is 1. The number of anilines is 1. The van der Waals surface area contributed by atoms with E-state index in [-0.39, 0.29) is 5.91 Å². The topological polar surface area (TPSA) is 47.6 Å². The van der Waals surface area contributed by atoms with Gasteiger partial charge in [-0.05, 0) is 42.5 Å². The Morgan fingerprint density at radius 2 is 1.65 bits per heavy atom. The maximum Gasteiger partial charge on any atom is 0.255 e. The van der Waals surface area contributed by atoms with Gasteiger partial charge in [0.2, 0.25) is 0 Å². The minimum absolute atomic E-state index is 0.216. The number of hydrogen-bond acceptors (Lipinski definition) is 3. The van der Waals surface area contributed by atoms with Crippen molar-refractivity contribution in [3.8, 4) is 11.5 Å². The molecule has 1 N–H and O–H groups in total. The van der Waals surface area contributed by atoms with Crippen LogP contribution < -0.4 is 14.8 Å². The molecule has 0 radical (unpaired) electrons. The Bertz CT molecular complexity index is 894. The van der Waals surface area contributed by atoms with Crippen molar-refractivity contribution in [3.63, 3.8) is 0 Å². The Labute approximate surface area is 157 Å². The Kier molecular flexibility index (Phi) is 5.77. The normalized spacial score (nSPS) is 10.2. The van der Waals surface area contributed by atoms with E-state index >= 15 is 0 Å². The molecule has 0 saturated heterocycles. The highest BCUT2D eigenvalue weighted by Gasteiger charge is 2.09. The van der Waals surface area contributed by atoms with Crippen LogP contribution in [0.25, 0.3) is 0 Å². The number of benzene rings is 3. The van der Waals surface area contributed by atoms with E-state index in [1.165, 1.54) is 0 Å². The third kappa shape index (κ3) is 4.35. The average Bonchev–Trinajstić information content (AvgIpc) is 2.68. The lowest BCUT2D eigenvalue weighted by Gasteiger charge is -2.11. The molecule has 0 bridgehead atoms. The molecule has 0 aliphatic heterocycles. The van der Waals surface area contributed by atoms with E-state index in [1.807, 2.05) is 36.4 Å². The Hall–Kier alpha value is -2.98. The molecule has 0 saturated carbocycles. The van der Waals surface area contributed by atoms with Gasteiger partial charge in [-0.3, -0.25) is 4.79 Å². The van der Waals surface area contributed by atoms with Crippen LogP contribution in [0.15, 0.2) is 72.8 Å². The molecule has 1 amide bonds. The van der Waals surface area contributed by atoms with Crippen molar-refractivity contribution < 1.29 is 14.3 Å². The molecular formula is C21H18ClNO3. The van der Waals surface area contributed by atoms with Gasteiger partial charge in [-0.15, -0.1) is 0 Å². The fourth-order valence-corrected chi connectivity index (χ4v) is 2.61. The summed E-state index contributed by atoms with van der Waals surface area (Å²) in [5, 5.41) is 3.51. The van der Waals surface area contributed by atoms with Gasteiger partial charge in [-0.25, -0.2) is 0 Å². The molecule has 0 unspecified atom stereocenters. The summed E-state index contributed by atoms with van der Waals surface area (Å²) in [6.45, 7) is 0.367. The van der Waals surface area contributed by atoms with E-state index in [4.69, 9.17) is 21.1 Å². The zero-order chi connectivity index (χ0) is 18.4. The van der Waals surface area contributed by atoms with E-state index in [0.29, 0.717) is 34.4 Å². The molecule has 0 aliphatic rings. The summed E-state index contributed by atoms with van der Waals surface area (Å²) < 4.78 is 11.0. The molecule has 0 fully saturated rings. The van der Waals surface area contributed by atoms with E-state index in [9.17, 15) is 4.79 Å². The summed E-state index contributed by atoms with van der Waals surface area (Å²) in [4.78, 5) is 12.4. The van der Waals surface area contributed by atoms with Gasteiger partial charge in [0.25, 0.3) is 5.91 Å². The first-order valence-corrected chi connectivity index (χ1v) is 8.46. The second-order valence-corrected chi connectivity index (χ2v) is 5.97. The van der Waals surface area contributed by atoms with Gasteiger partial charge in [-0.1, -0.05) is 41.9 Å². The van der Waals surface area contributed by atoms with Crippen LogP contribution in [0.5, 0.6) is 11.5 Å². The van der Waals surface area contributed by atoms with Gasteiger partial charge < -0.3 is 14.8 Å². The summed E-state index contributed by atoms with van der Waals surface area (Å²) in [5.41, 5.74) is 2.06. The fourth-order valence-electron chi connectivity index (χ4n) is 2.42. The summed E-state index contributed by atoms with van der Waals surface area (Å²) in [7, 11) is 1.57. The molecule has 0 spiro atoms. The van der Waals surface area contributed by atoms with Crippen LogP contribution in [0.1, 0.15) is 15.9 Å². The molecule has 5 heteroatoms. The first-order valence-electron chi connectivity index (χ1n) is 8.08. The lowest BCUT2D eigenvalue weighted by Crippen LogP contribution is -2.12. The fraction of sp³-hybridized carbons (Fsp3) is 0.0952. The smallest absolute Gasteiger partial charge is 0.255 e. The third-order valence-corrected chi connectivity index (χ3v) is 4.19. The Morgan fingerprint density at radius 3 is 2.38 bits per heavy atom. The molecule has 3 rings (SSSR count). The minimum atomic E-state index is -0.216. The molecule has 0 atom stereocenters. The summed E-state index contributed by atoms with van der Waals surface area (Å²) in [5.74, 6) is 1.06. The van der Waals surface area contributed by atoms with Gasteiger partial charge in [-0.2, -0.15) is 0 Å². The lowest BCUT2D eigenvalue weighted by molar-refractivity contribution is 0.102. The second-order valence-electron chi connectivity index (χ2n) is 5.56. The van der Waals surface area contributed by atoms with Crippen LogP contribution in [-0.2, 0) is 6.61 Å². The molecule has 132 valence electrons. The standard InChI is InChI=1S/C21H18ClNO3/c1-25-20-9-5-4-8-19(20)23-21(24)15-10-12-17(13-11-15)26-14-16-6-2-3-7-18(16)22/h2-13H,14H2,1H3,(H,23,24). The summed E-state index contributed by atoms with van der Waals surface area (Å²) in [6.07, 6.45) is 0. The van der Waals surface area contributed by atoms with Gasteiger partial charge in [0.15, 0.2) is 0 Å². The number of rotatable bonds is 6. The van der Waals surface area contributed by atoms with E-state index in [0.717, 1.165) is 5.56 Å². The van der Waals surface area contributed by atoms with Crippen molar-refractivity contribution in [2.75, 3.05) is 12.4 Å². The predicted molar refractivity (Wildman–Crippen MR) is 103 cm³/mol. The first-order chi connectivity index (χ1) is 12.7. The number of nitrogens with one attached hydrogen (secondary N) is 1. The van der Waals surface area contributed by atoms with Crippen LogP contribution >= 0.6 is 11.6 Å².